The van der Waals surface area contributed by atoms with Gasteiger partial charge in [-0.05, 0) is 62.0 Å². The van der Waals surface area contributed by atoms with Gasteiger partial charge in [-0.1, -0.05) is 49.4 Å². The Hall–Kier alpha value is -1.80. The summed E-state index contributed by atoms with van der Waals surface area (Å²) in [5, 5.41) is 3.41. The molecule has 0 spiro atoms. The lowest BCUT2D eigenvalue weighted by atomic mass is 10.1. The van der Waals surface area contributed by atoms with Crippen LogP contribution in [0.4, 0.5) is 0 Å². The molecule has 0 unspecified atom stereocenters. The van der Waals surface area contributed by atoms with Crippen LogP contribution in [0.2, 0.25) is 0 Å². The molecule has 2 aromatic carbocycles. The summed E-state index contributed by atoms with van der Waals surface area (Å²) in [5.74, 6) is 0.971. The third kappa shape index (κ3) is 6.31. The molecule has 0 saturated carbocycles. The summed E-state index contributed by atoms with van der Waals surface area (Å²) in [6.07, 6.45) is 4.45. The largest absolute Gasteiger partial charge is 0.494 e. The SMILES string of the molecule is CCCNCCCCOc1ccc(Cc2ccccc2)cc1. The molecule has 0 amide bonds. The third-order valence-electron chi connectivity index (χ3n) is 3.62. The number of unbranched alkanes of at least 4 members (excludes halogenated alkanes) is 1. The van der Waals surface area contributed by atoms with E-state index in [1.165, 1.54) is 24.0 Å². The van der Waals surface area contributed by atoms with Gasteiger partial charge < -0.3 is 10.1 Å². The molecule has 2 nitrogen and oxygen atoms in total. The van der Waals surface area contributed by atoms with E-state index in [4.69, 9.17) is 4.74 Å². The lowest BCUT2D eigenvalue weighted by Gasteiger charge is -2.08. The molecule has 0 bridgehead atoms. The van der Waals surface area contributed by atoms with Crippen LogP contribution in [0.1, 0.15) is 37.3 Å². The Bertz CT molecular complexity index is 507. The zero-order valence-electron chi connectivity index (χ0n) is 13.6. The maximum absolute atomic E-state index is 5.79. The fourth-order valence-corrected chi connectivity index (χ4v) is 2.38. The average Bonchev–Trinajstić information content (AvgIpc) is 2.56. The molecule has 2 heteroatoms. The van der Waals surface area contributed by atoms with E-state index in [9.17, 15) is 0 Å². The van der Waals surface area contributed by atoms with Gasteiger partial charge in [-0.2, -0.15) is 0 Å². The van der Waals surface area contributed by atoms with E-state index < -0.39 is 0 Å². The highest BCUT2D eigenvalue weighted by Gasteiger charge is 1.98. The zero-order chi connectivity index (χ0) is 15.5. The van der Waals surface area contributed by atoms with Crippen molar-refractivity contribution in [3.8, 4) is 5.75 Å². The van der Waals surface area contributed by atoms with Crippen LogP contribution in [0.3, 0.4) is 0 Å². The first-order valence-corrected chi connectivity index (χ1v) is 8.35. The lowest BCUT2D eigenvalue weighted by Crippen LogP contribution is -2.16. The van der Waals surface area contributed by atoms with Crippen molar-refractivity contribution in [1.82, 2.24) is 5.32 Å². The van der Waals surface area contributed by atoms with Gasteiger partial charge in [0.15, 0.2) is 0 Å². The predicted octanol–water partition coefficient (Wildman–Crippen LogP) is 4.44. The molecule has 0 aliphatic heterocycles. The second kappa shape index (κ2) is 10.0. The standard InChI is InChI=1S/C20H27NO/c1-2-14-21-15-6-7-16-22-20-12-10-19(11-13-20)17-18-8-4-3-5-9-18/h3-5,8-13,21H,2,6-7,14-17H2,1H3. The molecule has 2 aromatic rings. The van der Waals surface area contributed by atoms with Gasteiger partial charge in [0.25, 0.3) is 0 Å². The minimum absolute atomic E-state index is 0.797. The number of rotatable bonds is 10. The fourth-order valence-electron chi connectivity index (χ4n) is 2.38. The molecule has 0 radical (unpaired) electrons. The van der Waals surface area contributed by atoms with Crippen LogP contribution < -0.4 is 10.1 Å². The molecule has 22 heavy (non-hydrogen) atoms. The second-order valence-electron chi connectivity index (χ2n) is 5.61. The molecule has 2 rings (SSSR count). The van der Waals surface area contributed by atoms with E-state index in [0.717, 1.165) is 38.3 Å². The summed E-state index contributed by atoms with van der Waals surface area (Å²) < 4.78 is 5.79. The predicted molar refractivity (Wildman–Crippen MR) is 93.6 cm³/mol. The molecule has 0 saturated heterocycles. The first-order chi connectivity index (χ1) is 10.9. The summed E-state index contributed by atoms with van der Waals surface area (Å²) in [7, 11) is 0. The first kappa shape index (κ1) is 16.6. The Balaban J connectivity index is 1.66. The summed E-state index contributed by atoms with van der Waals surface area (Å²) in [6, 6.07) is 19.0. The monoisotopic (exact) mass is 297 g/mol. The van der Waals surface area contributed by atoms with Crippen LogP contribution in [0.5, 0.6) is 5.75 Å². The molecular weight excluding hydrogens is 270 g/mol. The van der Waals surface area contributed by atoms with E-state index in [-0.39, 0.29) is 0 Å². The number of hydrogen-bond acceptors (Lipinski definition) is 2. The van der Waals surface area contributed by atoms with Crippen LogP contribution in [0.25, 0.3) is 0 Å². The third-order valence-corrected chi connectivity index (χ3v) is 3.62. The zero-order valence-corrected chi connectivity index (χ0v) is 13.6. The minimum Gasteiger partial charge on any atom is -0.494 e. The van der Waals surface area contributed by atoms with Gasteiger partial charge in [0.05, 0.1) is 6.61 Å². The smallest absolute Gasteiger partial charge is 0.119 e. The van der Waals surface area contributed by atoms with Gasteiger partial charge in [-0.25, -0.2) is 0 Å². The summed E-state index contributed by atoms with van der Waals surface area (Å²) in [6.45, 7) is 5.19. The summed E-state index contributed by atoms with van der Waals surface area (Å²) in [4.78, 5) is 0. The van der Waals surface area contributed by atoms with Crippen molar-refractivity contribution in [2.24, 2.45) is 0 Å². The lowest BCUT2D eigenvalue weighted by molar-refractivity contribution is 0.306. The summed E-state index contributed by atoms with van der Waals surface area (Å²) in [5.41, 5.74) is 2.66. The second-order valence-corrected chi connectivity index (χ2v) is 5.61. The van der Waals surface area contributed by atoms with Crippen molar-refractivity contribution >= 4 is 0 Å². The minimum atomic E-state index is 0.797. The quantitative estimate of drug-likeness (QED) is 0.655. The number of hydrogen-bond donors (Lipinski definition) is 1. The Morgan fingerprint density at radius 2 is 1.55 bits per heavy atom. The number of benzene rings is 2. The Morgan fingerprint density at radius 3 is 2.27 bits per heavy atom. The Labute approximate surface area is 134 Å². The van der Waals surface area contributed by atoms with Gasteiger partial charge >= 0.3 is 0 Å². The number of nitrogens with one attached hydrogen (secondary N) is 1. The van der Waals surface area contributed by atoms with Crippen LogP contribution in [-0.4, -0.2) is 19.7 Å². The maximum atomic E-state index is 5.79. The Kier molecular flexibility index (Phi) is 7.54. The normalized spacial score (nSPS) is 10.6. The van der Waals surface area contributed by atoms with E-state index >= 15 is 0 Å². The summed E-state index contributed by atoms with van der Waals surface area (Å²) >= 11 is 0. The van der Waals surface area contributed by atoms with E-state index in [2.05, 4.69) is 66.8 Å². The van der Waals surface area contributed by atoms with Crippen molar-refractivity contribution < 1.29 is 4.74 Å². The highest BCUT2D eigenvalue weighted by Crippen LogP contribution is 2.15. The van der Waals surface area contributed by atoms with Crippen molar-refractivity contribution in [3.63, 3.8) is 0 Å². The molecule has 0 aliphatic carbocycles. The number of ether oxygens (including phenoxy) is 1. The maximum Gasteiger partial charge on any atom is 0.119 e. The van der Waals surface area contributed by atoms with Crippen LogP contribution >= 0.6 is 0 Å². The van der Waals surface area contributed by atoms with Crippen molar-refractivity contribution in [2.75, 3.05) is 19.7 Å². The molecule has 1 N–H and O–H groups in total. The molecule has 0 aromatic heterocycles. The fraction of sp³-hybridized carbons (Fsp3) is 0.400. The average molecular weight is 297 g/mol. The van der Waals surface area contributed by atoms with Crippen molar-refractivity contribution in [1.29, 1.82) is 0 Å². The molecule has 0 heterocycles. The first-order valence-electron chi connectivity index (χ1n) is 8.35. The van der Waals surface area contributed by atoms with Gasteiger partial charge in [0.2, 0.25) is 0 Å². The van der Waals surface area contributed by atoms with Crippen molar-refractivity contribution in [2.45, 2.75) is 32.6 Å². The highest BCUT2D eigenvalue weighted by molar-refractivity contribution is 5.31. The van der Waals surface area contributed by atoms with E-state index in [1.54, 1.807) is 0 Å². The van der Waals surface area contributed by atoms with Crippen LogP contribution in [0.15, 0.2) is 54.6 Å². The molecule has 0 atom stereocenters. The highest BCUT2D eigenvalue weighted by atomic mass is 16.5. The Morgan fingerprint density at radius 1 is 0.818 bits per heavy atom. The van der Waals surface area contributed by atoms with Gasteiger partial charge in [0.1, 0.15) is 5.75 Å². The molecule has 118 valence electrons. The van der Waals surface area contributed by atoms with Crippen LogP contribution in [-0.2, 0) is 6.42 Å². The molecule has 0 aliphatic rings. The van der Waals surface area contributed by atoms with Gasteiger partial charge in [0, 0.05) is 0 Å². The topological polar surface area (TPSA) is 21.3 Å². The molecular formula is C20H27NO. The van der Waals surface area contributed by atoms with Gasteiger partial charge in [-0.3, -0.25) is 0 Å². The van der Waals surface area contributed by atoms with Gasteiger partial charge in [-0.15, -0.1) is 0 Å². The van der Waals surface area contributed by atoms with E-state index in [0.29, 0.717) is 0 Å². The molecule has 0 fully saturated rings. The van der Waals surface area contributed by atoms with Crippen LogP contribution in [0, 0.1) is 0 Å². The van der Waals surface area contributed by atoms with Crippen molar-refractivity contribution in [3.05, 3.63) is 65.7 Å². The van der Waals surface area contributed by atoms with E-state index in [1.807, 2.05) is 0 Å².